The van der Waals surface area contributed by atoms with E-state index in [2.05, 4.69) is 4.74 Å². The van der Waals surface area contributed by atoms with Crippen LogP contribution in [0.3, 0.4) is 0 Å². The summed E-state index contributed by atoms with van der Waals surface area (Å²) in [6.45, 7) is 0.168. The van der Waals surface area contributed by atoms with Crippen molar-refractivity contribution in [3.63, 3.8) is 0 Å². The fourth-order valence-electron chi connectivity index (χ4n) is 2.17. The molecule has 0 bridgehead atoms. The number of rotatable bonds is 5. The minimum Gasteiger partial charge on any atom is -0.502 e. The summed E-state index contributed by atoms with van der Waals surface area (Å²) in [5.74, 6) is -2.43. The fourth-order valence-corrected chi connectivity index (χ4v) is 2.17. The molecule has 0 spiro atoms. The molecule has 2 aromatic carbocycles. The summed E-state index contributed by atoms with van der Waals surface area (Å²) in [7, 11) is 2.45. The Hall–Kier alpha value is -2.86. The predicted molar refractivity (Wildman–Crippen MR) is 84.2 cm³/mol. The number of esters is 1. The van der Waals surface area contributed by atoms with Crippen LogP contribution < -0.4 is 0 Å². The molecule has 6 heteroatoms. The summed E-state index contributed by atoms with van der Waals surface area (Å²) in [6.07, 6.45) is 0.764. The second kappa shape index (κ2) is 7.42. The van der Waals surface area contributed by atoms with E-state index < -0.39 is 17.6 Å². The molecular weight excluding hydrogens is 298 g/mol. The van der Waals surface area contributed by atoms with Crippen molar-refractivity contribution in [1.29, 1.82) is 0 Å². The number of benzene rings is 2. The Balaban J connectivity index is 2.25. The van der Waals surface area contributed by atoms with Crippen LogP contribution in [0.25, 0.3) is 10.8 Å². The van der Waals surface area contributed by atoms with Crippen LogP contribution in [-0.4, -0.2) is 36.3 Å². The van der Waals surface area contributed by atoms with Crippen LogP contribution in [0.4, 0.5) is 0 Å². The third kappa shape index (κ3) is 3.87. The Morgan fingerprint density at radius 1 is 1.13 bits per heavy atom. The number of hydrogen-bond donors (Lipinski definition) is 1. The van der Waals surface area contributed by atoms with Gasteiger partial charge in [-0.25, -0.2) is 9.86 Å². The highest BCUT2D eigenvalue weighted by Crippen LogP contribution is 2.20. The molecule has 1 N–H and O–H groups in total. The van der Waals surface area contributed by atoms with E-state index in [1.54, 1.807) is 0 Å². The first kappa shape index (κ1) is 16.5. The first-order valence-corrected chi connectivity index (χ1v) is 6.88. The van der Waals surface area contributed by atoms with Gasteiger partial charge in [0.2, 0.25) is 5.76 Å². The minimum absolute atomic E-state index is 0.168. The topological polar surface area (TPSA) is 76.1 Å². The third-order valence-corrected chi connectivity index (χ3v) is 3.31. The lowest BCUT2D eigenvalue weighted by atomic mass is 10.0. The van der Waals surface area contributed by atoms with E-state index in [0.717, 1.165) is 34.6 Å². The zero-order valence-electron chi connectivity index (χ0n) is 12.9. The van der Waals surface area contributed by atoms with Crippen molar-refractivity contribution >= 4 is 22.6 Å². The first-order chi connectivity index (χ1) is 11.1. The van der Waals surface area contributed by atoms with E-state index in [0.29, 0.717) is 0 Å². The summed E-state index contributed by atoms with van der Waals surface area (Å²) >= 11 is 0. The summed E-state index contributed by atoms with van der Waals surface area (Å²) in [5.41, 5.74) is 0.879. The van der Waals surface area contributed by atoms with E-state index in [9.17, 15) is 14.7 Å². The number of carbonyl (C=O) groups is 2. The summed E-state index contributed by atoms with van der Waals surface area (Å²) < 4.78 is 4.33. The molecule has 0 aliphatic carbocycles. The zero-order valence-corrected chi connectivity index (χ0v) is 12.9. The zero-order chi connectivity index (χ0) is 16.8. The highest BCUT2D eigenvalue weighted by Gasteiger charge is 2.17. The number of amides is 1. The highest BCUT2D eigenvalue weighted by molar-refractivity contribution is 5.96. The monoisotopic (exact) mass is 315 g/mol. The number of nitrogens with zero attached hydrogens (tertiary/aromatic N) is 1. The third-order valence-electron chi connectivity index (χ3n) is 3.31. The van der Waals surface area contributed by atoms with Crippen LogP contribution in [0, 0.1) is 0 Å². The molecule has 0 heterocycles. The van der Waals surface area contributed by atoms with Crippen LogP contribution in [0.2, 0.25) is 0 Å². The van der Waals surface area contributed by atoms with Gasteiger partial charge < -0.3 is 9.84 Å². The number of aliphatic hydroxyl groups excluding tert-OH is 1. The Bertz CT molecular complexity index is 748. The lowest BCUT2D eigenvalue weighted by Crippen LogP contribution is -2.28. The normalized spacial score (nSPS) is 11.3. The molecule has 0 atom stereocenters. The molecule has 1 amide bonds. The average Bonchev–Trinajstić information content (AvgIpc) is 2.58. The molecule has 0 aliphatic heterocycles. The molecule has 6 nitrogen and oxygen atoms in total. The van der Waals surface area contributed by atoms with E-state index in [1.807, 2.05) is 42.5 Å². The number of carbonyl (C=O) groups excluding carboxylic acids is 2. The summed E-state index contributed by atoms with van der Waals surface area (Å²) in [5, 5.41) is 12.5. The Kier molecular flexibility index (Phi) is 5.32. The summed E-state index contributed by atoms with van der Waals surface area (Å²) in [4.78, 5) is 28.3. The predicted octanol–water partition coefficient (Wildman–Crippen LogP) is 2.34. The van der Waals surface area contributed by atoms with Crippen LogP contribution in [0.1, 0.15) is 5.56 Å². The number of ether oxygens (including phenoxy) is 1. The van der Waals surface area contributed by atoms with Crippen molar-refractivity contribution in [1.82, 2.24) is 5.06 Å². The van der Waals surface area contributed by atoms with Crippen molar-refractivity contribution in [3.05, 3.63) is 59.9 Å². The van der Waals surface area contributed by atoms with Crippen molar-refractivity contribution in [2.45, 2.75) is 6.54 Å². The molecule has 0 saturated carbocycles. The van der Waals surface area contributed by atoms with Crippen LogP contribution in [0.5, 0.6) is 0 Å². The van der Waals surface area contributed by atoms with E-state index >= 15 is 0 Å². The largest absolute Gasteiger partial charge is 0.502 e. The van der Waals surface area contributed by atoms with Crippen LogP contribution in [0.15, 0.2) is 54.3 Å². The molecular formula is C17H17NO5. The SMILES string of the molecule is COC(=O)C(O)=CC(=O)N(Cc1cccc2ccccc12)OC. The Morgan fingerprint density at radius 3 is 2.52 bits per heavy atom. The van der Waals surface area contributed by atoms with Gasteiger partial charge >= 0.3 is 5.97 Å². The second-order valence-electron chi connectivity index (χ2n) is 4.72. The van der Waals surface area contributed by atoms with E-state index in [-0.39, 0.29) is 6.54 Å². The van der Waals surface area contributed by atoms with Crippen LogP contribution >= 0.6 is 0 Å². The number of methoxy groups -OCH3 is 1. The quantitative estimate of drug-likeness (QED) is 0.397. The van der Waals surface area contributed by atoms with Crippen molar-refractivity contribution in [2.75, 3.05) is 14.2 Å². The molecule has 23 heavy (non-hydrogen) atoms. The van der Waals surface area contributed by atoms with Crippen LogP contribution in [-0.2, 0) is 25.7 Å². The van der Waals surface area contributed by atoms with Gasteiger partial charge in [0.15, 0.2) is 0 Å². The molecule has 0 fully saturated rings. The van der Waals surface area contributed by atoms with Gasteiger partial charge in [-0.05, 0) is 16.3 Å². The van der Waals surface area contributed by atoms with Gasteiger partial charge in [-0.1, -0.05) is 42.5 Å². The van der Waals surface area contributed by atoms with Crippen molar-refractivity contribution in [3.8, 4) is 0 Å². The van der Waals surface area contributed by atoms with Gasteiger partial charge in [0.05, 0.1) is 26.8 Å². The van der Waals surface area contributed by atoms with E-state index in [4.69, 9.17) is 4.84 Å². The standard InChI is InChI=1S/C17H17NO5/c1-22-17(21)15(19)10-16(20)18(23-2)11-13-8-5-7-12-6-3-4-9-14(12)13/h3-10,19H,11H2,1-2H3. The number of hydroxylamine groups is 2. The molecule has 0 unspecified atom stereocenters. The maximum absolute atomic E-state index is 12.1. The molecule has 0 radical (unpaired) electrons. The molecule has 0 saturated heterocycles. The molecule has 2 aromatic rings. The highest BCUT2D eigenvalue weighted by atomic mass is 16.7. The van der Waals surface area contributed by atoms with Gasteiger partial charge in [-0.15, -0.1) is 0 Å². The Labute approximate surface area is 133 Å². The van der Waals surface area contributed by atoms with Gasteiger partial charge in [0, 0.05) is 0 Å². The lowest BCUT2D eigenvalue weighted by Gasteiger charge is -2.19. The molecule has 0 aliphatic rings. The van der Waals surface area contributed by atoms with Gasteiger partial charge in [0.25, 0.3) is 5.91 Å². The first-order valence-electron chi connectivity index (χ1n) is 6.88. The maximum Gasteiger partial charge on any atom is 0.373 e. The van der Waals surface area contributed by atoms with Gasteiger partial charge in [-0.3, -0.25) is 9.63 Å². The second-order valence-corrected chi connectivity index (χ2v) is 4.72. The molecule has 2 rings (SSSR count). The lowest BCUT2D eigenvalue weighted by molar-refractivity contribution is -0.173. The number of fused-ring (bicyclic) bond motifs is 1. The van der Waals surface area contributed by atoms with E-state index in [1.165, 1.54) is 7.11 Å². The van der Waals surface area contributed by atoms with Gasteiger partial charge in [-0.2, -0.15) is 0 Å². The summed E-state index contributed by atoms with van der Waals surface area (Å²) in [6, 6.07) is 13.5. The number of aliphatic hydroxyl groups is 1. The smallest absolute Gasteiger partial charge is 0.373 e. The average molecular weight is 315 g/mol. The Morgan fingerprint density at radius 2 is 1.83 bits per heavy atom. The minimum atomic E-state index is -0.987. The van der Waals surface area contributed by atoms with Crippen molar-refractivity contribution in [2.24, 2.45) is 0 Å². The fraction of sp³-hybridized carbons (Fsp3) is 0.176. The molecule has 120 valence electrons. The number of hydrogen-bond acceptors (Lipinski definition) is 5. The van der Waals surface area contributed by atoms with Crippen molar-refractivity contribution < 1.29 is 24.3 Å². The molecule has 0 aromatic heterocycles. The maximum atomic E-state index is 12.1. The van der Waals surface area contributed by atoms with Gasteiger partial charge in [0.1, 0.15) is 0 Å².